The summed E-state index contributed by atoms with van der Waals surface area (Å²) in [5.41, 5.74) is -3.18. The average Bonchev–Trinajstić information content (AvgIpc) is 3.38. The molecule has 0 aromatic heterocycles. The van der Waals surface area contributed by atoms with E-state index < -0.39 is 52.5 Å². The van der Waals surface area contributed by atoms with E-state index in [0.717, 1.165) is 0 Å². The third-order valence-electron chi connectivity index (χ3n) is 9.22. The van der Waals surface area contributed by atoms with Crippen LogP contribution in [0.1, 0.15) is 53.4 Å². The molecule has 8 heteroatoms. The molecule has 0 aromatic carbocycles. The molecule has 1 spiro atoms. The SMILES string of the molecule is CC(=O)OCC(=O)[C@@]1(OC(C)=O)CC[C@H]2[C@@H]3C[C@H](F)C4=CC(=O)C=C[C@]4(C)[C@@]34O[C@H]4C[C@@]21C. The number of Topliss-reactive ketones (excluding diaryl/α,β-unsaturated/α-hetero) is 1. The number of alkyl halides is 1. The highest BCUT2D eigenvalue weighted by atomic mass is 19.1. The van der Waals surface area contributed by atoms with Gasteiger partial charge in [0, 0.05) is 24.7 Å². The highest BCUT2D eigenvalue weighted by molar-refractivity contribution is 6.01. The van der Waals surface area contributed by atoms with E-state index in [1.807, 2.05) is 13.8 Å². The molecule has 5 rings (SSSR count). The Hall–Kier alpha value is -2.35. The van der Waals surface area contributed by atoms with Crippen molar-refractivity contribution in [1.29, 1.82) is 0 Å². The largest absolute Gasteiger partial charge is 0.458 e. The molecular weight excluding hydrogens is 431 g/mol. The van der Waals surface area contributed by atoms with Crippen molar-refractivity contribution in [3.8, 4) is 0 Å². The van der Waals surface area contributed by atoms with E-state index in [0.29, 0.717) is 18.4 Å². The number of rotatable bonds is 4. The van der Waals surface area contributed by atoms with Crippen LogP contribution in [0.3, 0.4) is 0 Å². The van der Waals surface area contributed by atoms with Gasteiger partial charge in [-0.25, -0.2) is 4.39 Å². The normalized spacial score (nSPS) is 46.8. The number of ketones is 2. The summed E-state index contributed by atoms with van der Waals surface area (Å²) in [5.74, 6) is -2.20. The second-order valence-corrected chi connectivity index (χ2v) is 10.6. The molecule has 0 amide bonds. The zero-order valence-corrected chi connectivity index (χ0v) is 19.3. The Morgan fingerprint density at radius 1 is 1.18 bits per heavy atom. The van der Waals surface area contributed by atoms with Gasteiger partial charge in [0.1, 0.15) is 11.8 Å². The number of fused-ring (bicyclic) bond motifs is 3. The Kier molecular flexibility index (Phi) is 4.65. The number of halogens is 1. The Balaban J connectivity index is 1.56. The van der Waals surface area contributed by atoms with Crippen LogP contribution in [0.15, 0.2) is 23.8 Å². The van der Waals surface area contributed by atoms with Crippen molar-refractivity contribution in [1.82, 2.24) is 0 Å². The minimum absolute atomic E-state index is 0.139. The maximum absolute atomic E-state index is 15.5. The van der Waals surface area contributed by atoms with Crippen molar-refractivity contribution < 1.29 is 37.8 Å². The lowest BCUT2D eigenvalue weighted by molar-refractivity contribution is -0.188. The smallest absolute Gasteiger partial charge is 0.303 e. The Labute approximate surface area is 191 Å². The van der Waals surface area contributed by atoms with Gasteiger partial charge in [-0.3, -0.25) is 19.2 Å². The van der Waals surface area contributed by atoms with E-state index >= 15 is 4.39 Å². The number of hydrogen-bond acceptors (Lipinski definition) is 7. The second kappa shape index (κ2) is 6.84. The second-order valence-electron chi connectivity index (χ2n) is 10.6. The fraction of sp³-hybridized carbons (Fsp3) is 0.680. The van der Waals surface area contributed by atoms with Crippen molar-refractivity contribution in [2.45, 2.75) is 76.9 Å². The van der Waals surface area contributed by atoms with Crippen molar-refractivity contribution in [3.05, 3.63) is 23.8 Å². The summed E-state index contributed by atoms with van der Waals surface area (Å²) in [6, 6.07) is 0. The molecule has 4 fully saturated rings. The molecule has 1 saturated heterocycles. The summed E-state index contributed by atoms with van der Waals surface area (Å²) in [4.78, 5) is 48.9. The summed E-state index contributed by atoms with van der Waals surface area (Å²) in [5, 5.41) is 0. The highest BCUT2D eigenvalue weighted by Gasteiger charge is 2.82. The van der Waals surface area contributed by atoms with Gasteiger partial charge in [0.15, 0.2) is 18.0 Å². The third-order valence-corrected chi connectivity index (χ3v) is 9.22. The number of esters is 2. The van der Waals surface area contributed by atoms with Gasteiger partial charge in [-0.1, -0.05) is 13.0 Å². The number of carbonyl (C=O) groups excluding carboxylic acids is 4. The van der Waals surface area contributed by atoms with Gasteiger partial charge < -0.3 is 14.2 Å². The molecular formula is C25H29FO7. The number of allylic oxidation sites excluding steroid dienone is 2. The summed E-state index contributed by atoms with van der Waals surface area (Å²) < 4.78 is 32.7. The van der Waals surface area contributed by atoms with Crippen LogP contribution in [0.2, 0.25) is 0 Å². The summed E-state index contributed by atoms with van der Waals surface area (Å²) in [6.45, 7) is 5.86. The molecule has 8 atom stereocenters. The zero-order valence-electron chi connectivity index (χ0n) is 19.3. The predicted octanol–water partition coefficient (Wildman–Crippen LogP) is 2.81. The number of hydrogen-bond donors (Lipinski definition) is 0. The van der Waals surface area contributed by atoms with Crippen molar-refractivity contribution in [3.63, 3.8) is 0 Å². The summed E-state index contributed by atoms with van der Waals surface area (Å²) >= 11 is 0. The van der Waals surface area contributed by atoms with E-state index in [2.05, 4.69) is 0 Å². The van der Waals surface area contributed by atoms with E-state index in [1.54, 1.807) is 6.08 Å². The molecule has 7 nitrogen and oxygen atoms in total. The van der Waals surface area contributed by atoms with Crippen LogP contribution in [0.4, 0.5) is 4.39 Å². The van der Waals surface area contributed by atoms with E-state index in [4.69, 9.17) is 14.2 Å². The molecule has 1 aliphatic heterocycles. The molecule has 5 aliphatic rings. The van der Waals surface area contributed by atoms with Crippen LogP contribution < -0.4 is 0 Å². The van der Waals surface area contributed by atoms with Crippen LogP contribution in [0.5, 0.6) is 0 Å². The fourth-order valence-electron chi connectivity index (χ4n) is 7.84. The number of ether oxygens (including phenoxy) is 3. The first-order valence-corrected chi connectivity index (χ1v) is 11.5. The van der Waals surface area contributed by atoms with E-state index in [1.165, 1.54) is 26.0 Å². The third kappa shape index (κ3) is 2.70. The Morgan fingerprint density at radius 2 is 1.91 bits per heavy atom. The maximum Gasteiger partial charge on any atom is 0.303 e. The Bertz CT molecular complexity index is 1030. The van der Waals surface area contributed by atoms with Crippen LogP contribution in [-0.2, 0) is 33.4 Å². The molecule has 0 N–H and O–H groups in total. The van der Waals surface area contributed by atoms with Crippen LogP contribution in [0, 0.1) is 22.7 Å². The average molecular weight is 460 g/mol. The van der Waals surface area contributed by atoms with Crippen LogP contribution in [-0.4, -0.2) is 53.6 Å². The van der Waals surface area contributed by atoms with Gasteiger partial charge in [-0.2, -0.15) is 0 Å². The minimum atomic E-state index is -1.46. The quantitative estimate of drug-likeness (QED) is 0.470. The van der Waals surface area contributed by atoms with Crippen molar-refractivity contribution in [2.75, 3.05) is 6.61 Å². The molecule has 0 radical (unpaired) electrons. The monoisotopic (exact) mass is 460 g/mol. The molecule has 33 heavy (non-hydrogen) atoms. The van der Waals surface area contributed by atoms with Gasteiger partial charge in [0.25, 0.3) is 0 Å². The fourth-order valence-corrected chi connectivity index (χ4v) is 7.84. The van der Waals surface area contributed by atoms with Crippen molar-refractivity contribution in [2.24, 2.45) is 22.7 Å². The Morgan fingerprint density at radius 3 is 2.58 bits per heavy atom. The predicted molar refractivity (Wildman–Crippen MR) is 113 cm³/mol. The van der Waals surface area contributed by atoms with Gasteiger partial charge in [-0.05, 0) is 62.2 Å². The zero-order chi connectivity index (χ0) is 24.0. The van der Waals surface area contributed by atoms with Gasteiger partial charge >= 0.3 is 11.9 Å². The van der Waals surface area contributed by atoms with Gasteiger partial charge in [-0.15, -0.1) is 0 Å². The molecule has 1 heterocycles. The lowest BCUT2D eigenvalue weighted by Gasteiger charge is -2.56. The molecule has 3 saturated carbocycles. The first kappa shape index (κ1) is 22.4. The minimum Gasteiger partial charge on any atom is -0.458 e. The van der Waals surface area contributed by atoms with Crippen LogP contribution in [0.25, 0.3) is 0 Å². The lowest BCUT2D eigenvalue weighted by Crippen LogP contribution is -2.63. The molecule has 178 valence electrons. The maximum atomic E-state index is 15.5. The molecule has 0 aromatic rings. The van der Waals surface area contributed by atoms with E-state index in [-0.39, 0.29) is 36.6 Å². The van der Waals surface area contributed by atoms with E-state index in [9.17, 15) is 19.2 Å². The van der Waals surface area contributed by atoms with Gasteiger partial charge in [0.2, 0.25) is 5.78 Å². The number of epoxide rings is 1. The summed E-state index contributed by atoms with van der Waals surface area (Å²) in [6.07, 6.45) is 4.60. The number of carbonyl (C=O) groups is 4. The molecule has 0 bridgehead atoms. The molecule has 0 unspecified atom stereocenters. The first-order chi connectivity index (χ1) is 15.4. The summed E-state index contributed by atoms with van der Waals surface area (Å²) in [7, 11) is 0. The highest BCUT2D eigenvalue weighted by Crippen LogP contribution is 2.76. The van der Waals surface area contributed by atoms with Crippen molar-refractivity contribution >= 4 is 23.5 Å². The topological polar surface area (TPSA) is 99.3 Å². The molecule has 4 aliphatic carbocycles. The van der Waals surface area contributed by atoms with Crippen LogP contribution >= 0.6 is 0 Å². The lowest BCUT2D eigenvalue weighted by atomic mass is 9.46. The first-order valence-electron chi connectivity index (χ1n) is 11.5. The standard InChI is InChI=1S/C25H29FO7/c1-13(27)31-12-20(30)24(32-14(2)28)8-6-16-17-10-19(26)18-9-15(29)5-7-22(18,3)25(17)21(33-25)11-23(16,24)4/h5,7,9,16-17,19,21H,6,8,10-12H2,1-4H3/t16-,17-,19-,21-,22-,23-,24-,25+/m0/s1. The van der Waals surface area contributed by atoms with Gasteiger partial charge in [0.05, 0.1) is 6.10 Å².